The van der Waals surface area contributed by atoms with Crippen LogP contribution in [0.15, 0.2) is 42.5 Å². The van der Waals surface area contributed by atoms with Crippen LogP contribution >= 0.6 is 22.6 Å². The Balaban J connectivity index is 2.20. The van der Waals surface area contributed by atoms with Crippen molar-refractivity contribution in [2.75, 3.05) is 5.32 Å². The third-order valence-electron chi connectivity index (χ3n) is 3.09. The Kier molecular flexibility index (Phi) is 5.88. The summed E-state index contributed by atoms with van der Waals surface area (Å²) < 4.78 is 43.3. The van der Waals surface area contributed by atoms with Crippen molar-refractivity contribution in [3.63, 3.8) is 0 Å². The van der Waals surface area contributed by atoms with Gasteiger partial charge in [0, 0.05) is 3.57 Å². The first-order chi connectivity index (χ1) is 11.7. The number of carboxylic acid groups (broad SMARTS) is 1. The van der Waals surface area contributed by atoms with Gasteiger partial charge in [0.05, 0.1) is 16.8 Å². The number of nitrogens with one attached hydrogen (secondary N) is 1. The molecule has 2 aromatic rings. The minimum atomic E-state index is -4.70. The fourth-order valence-electron chi connectivity index (χ4n) is 1.93. The van der Waals surface area contributed by atoms with Crippen LogP contribution in [-0.2, 0) is 17.5 Å². The van der Waals surface area contributed by atoms with Crippen molar-refractivity contribution in [2.24, 2.45) is 0 Å². The Hall–Kier alpha value is -2.30. The van der Waals surface area contributed by atoms with Gasteiger partial charge in [-0.3, -0.25) is 5.32 Å². The van der Waals surface area contributed by atoms with Gasteiger partial charge in [-0.25, -0.2) is 9.59 Å². The van der Waals surface area contributed by atoms with E-state index < -0.39 is 29.4 Å². The molecule has 0 saturated heterocycles. The number of alkyl halides is 3. The van der Waals surface area contributed by atoms with E-state index in [-0.39, 0.29) is 15.9 Å². The molecule has 25 heavy (non-hydrogen) atoms. The number of halogens is 4. The molecule has 2 aromatic carbocycles. The molecule has 0 unspecified atom stereocenters. The molecule has 0 spiro atoms. The van der Waals surface area contributed by atoms with Crippen molar-refractivity contribution < 1.29 is 32.6 Å². The SMILES string of the molecule is O=C(Nc1c(I)cc(C(F)(F)F)cc1C(=O)O)OCc1ccccc1. The van der Waals surface area contributed by atoms with Crippen LogP contribution in [0.1, 0.15) is 21.5 Å². The normalized spacial score (nSPS) is 11.0. The van der Waals surface area contributed by atoms with Crippen LogP contribution in [0.2, 0.25) is 0 Å². The van der Waals surface area contributed by atoms with Gasteiger partial charge in [-0.05, 0) is 40.3 Å². The van der Waals surface area contributed by atoms with E-state index in [0.29, 0.717) is 11.6 Å². The summed E-state index contributed by atoms with van der Waals surface area (Å²) in [5, 5.41) is 11.3. The third-order valence-corrected chi connectivity index (χ3v) is 3.94. The summed E-state index contributed by atoms with van der Waals surface area (Å²) in [5.74, 6) is -1.60. The molecule has 0 aromatic heterocycles. The molecule has 0 bridgehead atoms. The Labute approximate surface area is 153 Å². The topological polar surface area (TPSA) is 75.6 Å². The molecule has 0 atom stereocenters. The number of hydrogen-bond acceptors (Lipinski definition) is 3. The van der Waals surface area contributed by atoms with Gasteiger partial charge in [0.25, 0.3) is 0 Å². The fourth-order valence-corrected chi connectivity index (χ4v) is 2.69. The Morgan fingerprint density at radius 1 is 1.16 bits per heavy atom. The van der Waals surface area contributed by atoms with Gasteiger partial charge in [0.2, 0.25) is 0 Å². The summed E-state index contributed by atoms with van der Waals surface area (Å²) in [4.78, 5) is 23.1. The monoisotopic (exact) mass is 465 g/mol. The number of ether oxygens (including phenoxy) is 1. The molecule has 0 aliphatic carbocycles. The second-order valence-electron chi connectivity index (χ2n) is 4.87. The van der Waals surface area contributed by atoms with Crippen molar-refractivity contribution in [2.45, 2.75) is 12.8 Å². The lowest BCUT2D eigenvalue weighted by molar-refractivity contribution is -0.137. The van der Waals surface area contributed by atoms with Crippen LogP contribution in [0.5, 0.6) is 0 Å². The molecule has 0 aliphatic heterocycles. The molecule has 0 heterocycles. The maximum Gasteiger partial charge on any atom is 0.416 e. The number of anilines is 1. The molecule has 0 aliphatic rings. The van der Waals surface area contributed by atoms with Gasteiger partial charge in [-0.15, -0.1) is 0 Å². The van der Waals surface area contributed by atoms with E-state index in [4.69, 9.17) is 9.84 Å². The highest BCUT2D eigenvalue weighted by Crippen LogP contribution is 2.35. The maximum absolute atomic E-state index is 12.8. The standard InChI is InChI=1S/C16H11F3INO4/c17-16(18,19)10-6-11(14(22)23)13(12(20)7-10)21-15(24)25-8-9-4-2-1-3-5-9/h1-7H,8H2,(H,21,24)(H,22,23). The largest absolute Gasteiger partial charge is 0.478 e. The van der Waals surface area contributed by atoms with Crippen molar-refractivity contribution in [3.05, 3.63) is 62.7 Å². The van der Waals surface area contributed by atoms with Crippen molar-refractivity contribution >= 4 is 40.3 Å². The lowest BCUT2D eigenvalue weighted by atomic mass is 10.1. The smallest absolute Gasteiger partial charge is 0.416 e. The predicted molar refractivity (Wildman–Crippen MR) is 91.4 cm³/mol. The average Bonchev–Trinajstić information content (AvgIpc) is 2.54. The minimum Gasteiger partial charge on any atom is -0.478 e. The Morgan fingerprint density at radius 3 is 2.36 bits per heavy atom. The third kappa shape index (κ3) is 5.08. The zero-order valence-electron chi connectivity index (χ0n) is 12.4. The van der Waals surface area contributed by atoms with Gasteiger partial charge in [-0.2, -0.15) is 13.2 Å². The van der Waals surface area contributed by atoms with E-state index in [1.807, 2.05) is 0 Å². The molecule has 2 rings (SSSR count). The van der Waals surface area contributed by atoms with Crippen LogP contribution < -0.4 is 5.32 Å². The van der Waals surface area contributed by atoms with E-state index in [0.717, 1.165) is 6.07 Å². The van der Waals surface area contributed by atoms with E-state index in [2.05, 4.69) is 5.32 Å². The first kappa shape index (κ1) is 19.0. The number of carboxylic acids is 1. The average molecular weight is 465 g/mol. The van der Waals surface area contributed by atoms with E-state index in [9.17, 15) is 22.8 Å². The molecular formula is C16H11F3INO4. The summed E-state index contributed by atoms with van der Waals surface area (Å²) >= 11 is 1.52. The lowest BCUT2D eigenvalue weighted by Crippen LogP contribution is -2.18. The molecule has 1 amide bonds. The van der Waals surface area contributed by atoms with Crippen molar-refractivity contribution in [3.8, 4) is 0 Å². The van der Waals surface area contributed by atoms with E-state index >= 15 is 0 Å². The van der Waals surface area contributed by atoms with Crippen molar-refractivity contribution in [1.29, 1.82) is 0 Å². The summed E-state index contributed by atoms with van der Waals surface area (Å²) in [5.41, 5.74) is -1.33. The van der Waals surface area contributed by atoms with Crippen LogP contribution in [0.25, 0.3) is 0 Å². The zero-order chi connectivity index (χ0) is 18.6. The number of hydrogen-bond donors (Lipinski definition) is 2. The van der Waals surface area contributed by atoms with Gasteiger partial charge in [-0.1, -0.05) is 30.3 Å². The van der Waals surface area contributed by atoms with Gasteiger partial charge in [0.15, 0.2) is 0 Å². The summed E-state index contributed by atoms with van der Waals surface area (Å²) in [6.45, 7) is -0.0632. The number of benzene rings is 2. The highest BCUT2D eigenvalue weighted by molar-refractivity contribution is 14.1. The number of rotatable bonds is 4. The van der Waals surface area contributed by atoms with Crippen LogP contribution in [-0.4, -0.2) is 17.2 Å². The minimum absolute atomic E-state index is 0.0632. The first-order valence-electron chi connectivity index (χ1n) is 6.80. The second kappa shape index (κ2) is 7.72. The molecular weight excluding hydrogens is 454 g/mol. The molecule has 0 saturated carbocycles. The van der Waals surface area contributed by atoms with E-state index in [1.54, 1.807) is 30.3 Å². The van der Waals surface area contributed by atoms with Crippen LogP contribution in [0.4, 0.5) is 23.7 Å². The lowest BCUT2D eigenvalue weighted by Gasteiger charge is -2.14. The highest BCUT2D eigenvalue weighted by Gasteiger charge is 2.33. The quantitative estimate of drug-likeness (QED) is 0.639. The van der Waals surface area contributed by atoms with Crippen LogP contribution in [0.3, 0.4) is 0 Å². The number of aromatic carboxylic acids is 1. The summed E-state index contributed by atoms with van der Waals surface area (Å²) in [6.07, 6.45) is -5.67. The van der Waals surface area contributed by atoms with Crippen LogP contribution in [0, 0.1) is 3.57 Å². The summed E-state index contributed by atoms with van der Waals surface area (Å²) in [6, 6.07) is 9.94. The van der Waals surface area contributed by atoms with Gasteiger partial charge >= 0.3 is 18.2 Å². The number of amides is 1. The van der Waals surface area contributed by atoms with Crippen molar-refractivity contribution in [1.82, 2.24) is 0 Å². The molecule has 0 fully saturated rings. The molecule has 9 heteroatoms. The molecule has 132 valence electrons. The molecule has 0 radical (unpaired) electrons. The molecule has 2 N–H and O–H groups in total. The highest BCUT2D eigenvalue weighted by atomic mass is 127. The number of carbonyl (C=O) groups is 2. The van der Waals surface area contributed by atoms with Gasteiger partial charge in [0.1, 0.15) is 6.61 Å². The zero-order valence-corrected chi connectivity index (χ0v) is 14.6. The second-order valence-corrected chi connectivity index (χ2v) is 6.03. The maximum atomic E-state index is 12.8. The molecule has 5 nitrogen and oxygen atoms in total. The summed E-state index contributed by atoms with van der Waals surface area (Å²) in [7, 11) is 0. The number of carbonyl (C=O) groups excluding carboxylic acids is 1. The first-order valence-corrected chi connectivity index (χ1v) is 7.88. The van der Waals surface area contributed by atoms with Gasteiger partial charge < -0.3 is 9.84 Å². The fraction of sp³-hybridized carbons (Fsp3) is 0.125. The predicted octanol–water partition coefficient (Wildman–Crippen LogP) is 4.76. The Bertz CT molecular complexity index is 794. The Morgan fingerprint density at radius 2 is 1.80 bits per heavy atom. The van der Waals surface area contributed by atoms with E-state index in [1.165, 1.54) is 22.6 Å².